The van der Waals surface area contributed by atoms with Crippen LogP contribution in [-0.4, -0.2) is 22.2 Å². The fraction of sp³-hybridized carbons (Fsp3) is 0. The Kier molecular flexibility index (Phi) is 9.39. The molecule has 0 spiro atoms. The smallest absolute Gasteiger partial charge is 0.338 e. The molecule has 0 fully saturated rings. The van der Waals surface area contributed by atoms with Crippen molar-refractivity contribution in [2.45, 2.75) is 0 Å². The van der Waals surface area contributed by atoms with Crippen molar-refractivity contribution in [3.8, 4) is 0 Å². The van der Waals surface area contributed by atoms with Crippen LogP contribution in [0.2, 0.25) is 0 Å². The molecule has 1 aromatic rings. The molecule has 0 unspecified atom stereocenters. The third-order valence-corrected chi connectivity index (χ3v) is 5.93. The van der Waals surface area contributed by atoms with Crippen molar-refractivity contribution in [3.05, 3.63) is 29.0 Å². The molecule has 0 radical (unpaired) electrons. The molecule has 0 amide bonds. The molecule has 102 valence electrons. The van der Waals surface area contributed by atoms with Crippen molar-refractivity contribution in [1.82, 2.24) is 0 Å². The van der Waals surface area contributed by atoms with Crippen LogP contribution in [-0.2, 0) is 0 Å². The van der Waals surface area contributed by atoms with Gasteiger partial charge in [-0.1, -0.05) is 0 Å². The van der Waals surface area contributed by atoms with Crippen LogP contribution in [0.5, 0.6) is 0 Å². The number of hydrogen-bond acceptors (Lipinski definition) is 2. The van der Waals surface area contributed by atoms with Crippen molar-refractivity contribution in [2.24, 2.45) is 0 Å². The summed E-state index contributed by atoms with van der Waals surface area (Å²) in [7, 11) is 0. The Bertz CT molecular complexity index is 432. The first-order chi connectivity index (χ1) is 7.29. The summed E-state index contributed by atoms with van der Waals surface area (Å²) in [6.45, 7) is 0. The molecule has 0 saturated carbocycles. The summed E-state index contributed by atoms with van der Waals surface area (Å²) in [5.74, 6) is -2.34. The maximum atomic E-state index is 11.0. The maximum absolute atomic E-state index is 11.0. The van der Waals surface area contributed by atoms with Gasteiger partial charge in [0.25, 0.3) is 0 Å². The standard InChI is InChI=1S/C8H2Br4O4.2ClH/c9-3-1(7(13)14)4(10)6(12)2(5(3)11)8(15)16;;/h(H,13,14)(H,15,16);2*1H. The molecule has 4 nitrogen and oxygen atoms in total. The van der Waals surface area contributed by atoms with E-state index in [4.69, 9.17) is 10.2 Å². The summed E-state index contributed by atoms with van der Waals surface area (Å²) in [6, 6.07) is 0. The zero-order valence-electron chi connectivity index (χ0n) is 8.04. The van der Waals surface area contributed by atoms with Crippen LogP contribution < -0.4 is 0 Å². The maximum Gasteiger partial charge on any atom is 0.338 e. The van der Waals surface area contributed by atoms with Gasteiger partial charge in [-0.2, -0.15) is 0 Å². The molecule has 0 bridgehead atoms. The fourth-order valence-corrected chi connectivity index (χ4v) is 3.80. The highest BCUT2D eigenvalue weighted by atomic mass is 79.9. The Labute approximate surface area is 148 Å². The zero-order valence-corrected chi connectivity index (χ0v) is 16.0. The Balaban J connectivity index is 0. The Morgan fingerprint density at radius 1 is 0.667 bits per heavy atom. The lowest BCUT2D eigenvalue weighted by molar-refractivity contribution is 0.0677. The van der Waals surface area contributed by atoms with E-state index in [1.807, 2.05) is 0 Å². The van der Waals surface area contributed by atoms with Gasteiger partial charge in [0, 0.05) is 17.9 Å². The monoisotopic (exact) mass is 550 g/mol. The molecule has 0 aliphatic heterocycles. The van der Waals surface area contributed by atoms with Crippen LogP contribution in [0.4, 0.5) is 0 Å². The predicted molar refractivity (Wildman–Crippen MR) is 85.7 cm³/mol. The van der Waals surface area contributed by atoms with Crippen LogP contribution in [0.1, 0.15) is 20.7 Å². The van der Waals surface area contributed by atoms with Crippen LogP contribution in [0.15, 0.2) is 17.9 Å². The average molecular weight is 555 g/mol. The van der Waals surface area contributed by atoms with Crippen LogP contribution in [0.3, 0.4) is 0 Å². The largest absolute Gasteiger partial charge is 0.478 e. The van der Waals surface area contributed by atoms with Gasteiger partial charge in [0.05, 0.1) is 11.1 Å². The number of carboxylic acids is 2. The topological polar surface area (TPSA) is 74.6 Å². The van der Waals surface area contributed by atoms with Crippen LogP contribution in [0, 0.1) is 0 Å². The summed E-state index contributed by atoms with van der Waals surface area (Å²) in [5.41, 5.74) is -0.104. The number of carboxylic acid groups (broad SMARTS) is 2. The van der Waals surface area contributed by atoms with Crippen molar-refractivity contribution in [2.75, 3.05) is 0 Å². The SMILES string of the molecule is Cl.Cl.O=C(O)c1c(Br)c(Br)c(C(=O)O)c(Br)c1Br. The summed E-state index contributed by atoms with van der Waals surface area (Å²) in [5, 5.41) is 18.0. The first-order valence-electron chi connectivity index (χ1n) is 3.61. The van der Waals surface area contributed by atoms with Crippen molar-refractivity contribution in [3.63, 3.8) is 0 Å². The molecule has 0 heterocycles. The highest BCUT2D eigenvalue weighted by Crippen LogP contribution is 2.41. The molecule has 2 N–H and O–H groups in total. The number of halogens is 6. The molecule has 0 atom stereocenters. The first-order valence-corrected chi connectivity index (χ1v) is 6.78. The van der Waals surface area contributed by atoms with Gasteiger partial charge in [-0.25, -0.2) is 9.59 Å². The molecule has 0 aliphatic carbocycles. The molecule has 10 heteroatoms. The highest BCUT2D eigenvalue weighted by molar-refractivity contribution is 9.14. The van der Waals surface area contributed by atoms with Gasteiger partial charge >= 0.3 is 11.9 Å². The Morgan fingerprint density at radius 3 is 0.944 bits per heavy atom. The van der Waals surface area contributed by atoms with Gasteiger partial charge in [0.15, 0.2) is 0 Å². The highest BCUT2D eigenvalue weighted by Gasteiger charge is 2.26. The minimum atomic E-state index is -1.17. The molecule has 0 aliphatic rings. The number of aromatic carboxylic acids is 2. The summed E-state index contributed by atoms with van der Waals surface area (Å²) < 4.78 is 0.694. The predicted octanol–water partition coefficient (Wildman–Crippen LogP) is 4.98. The van der Waals surface area contributed by atoms with Gasteiger partial charge in [0.1, 0.15) is 0 Å². The summed E-state index contributed by atoms with van der Waals surface area (Å²) >= 11 is 12.2. The molecule has 1 rings (SSSR count). The van der Waals surface area contributed by atoms with E-state index in [0.29, 0.717) is 0 Å². The van der Waals surface area contributed by atoms with E-state index < -0.39 is 11.9 Å². The number of hydrogen-bond donors (Lipinski definition) is 2. The van der Waals surface area contributed by atoms with E-state index in [2.05, 4.69) is 63.7 Å². The lowest BCUT2D eigenvalue weighted by Crippen LogP contribution is -2.07. The van der Waals surface area contributed by atoms with E-state index in [0.717, 1.165) is 0 Å². The normalized spacial score (nSPS) is 9.11. The van der Waals surface area contributed by atoms with Crippen LogP contribution >= 0.6 is 88.5 Å². The molecule has 18 heavy (non-hydrogen) atoms. The number of carbonyl (C=O) groups is 2. The molecule has 0 aromatic heterocycles. The fourth-order valence-electron chi connectivity index (χ4n) is 1.01. The Hall–Kier alpha value is 0.660. The van der Waals surface area contributed by atoms with Gasteiger partial charge in [0.2, 0.25) is 0 Å². The van der Waals surface area contributed by atoms with Crippen molar-refractivity contribution in [1.29, 1.82) is 0 Å². The van der Waals surface area contributed by atoms with Gasteiger partial charge in [-0.05, 0) is 63.7 Å². The number of rotatable bonds is 2. The lowest BCUT2D eigenvalue weighted by atomic mass is 10.1. The third-order valence-electron chi connectivity index (χ3n) is 1.69. The van der Waals surface area contributed by atoms with Crippen molar-refractivity contribution >= 4 is 100 Å². The molecule has 0 saturated heterocycles. The third kappa shape index (κ3) is 3.83. The molecular weight excluding hydrogens is 551 g/mol. The van der Waals surface area contributed by atoms with Crippen molar-refractivity contribution < 1.29 is 19.8 Å². The van der Waals surface area contributed by atoms with E-state index in [-0.39, 0.29) is 53.8 Å². The van der Waals surface area contributed by atoms with Crippen LogP contribution in [0.25, 0.3) is 0 Å². The minimum absolute atomic E-state index is 0. The second-order valence-corrected chi connectivity index (χ2v) is 5.79. The quantitative estimate of drug-likeness (QED) is 0.506. The van der Waals surface area contributed by atoms with E-state index >= 15 is 0 Å². The van der Waals surface area contributed by atoms with E-state index in [1.54, 1.807) is 0 Å². The van der Waals surface area contributed by atoms with E-state index in [9.17, 15) is 9.59 Å². The van der Waals surface area contributed by atoms with Gasteiger partial charge in [-0.3, -0.25) is 0 Å². The second-order valence-electron chi connectivity index (χ2n) is 2.62. The average Bonchev–Trinajstić information content (AvgIpc) is 2.14. The molecule has 1 aromatic carbocycles. The number of benzene rings is 1. The molecular formula is C8H4Br4Cl2O4. The minimum Gasteiger partial charge on any atom is -0.478 e. The summed E-state index contributed by atoms with van der Waals surface area (Å²) in [4.78, 5) is 22.0. The Morgan fingerprint density at radius 2 is 0.833 bits per heavy atom. The second kappa shape index (κ2) is 8.06. The van der Waals surface area contributed by atoms with Gasteiger partial charge in [-0.15, -0.1) is 24.8 Å². The first kappa shape index (κ1) is 21.0. The van der Waals surface area contributed by atoms with E-state index in [1.165, 1.54) is 0 Å². The lowest BCUT2D eigenvalue weighted by Gasteiger charge is -2.11. The zero-order chi connectivity index (χ0) is 12.6. The summed E-state index contributed by atoms with van der Waals surface area (Å²) in [6.07, 6.45) is 0. The van der Waals surface area contributed by atoms with Gasteiger partial charge < -0.3 is 10.2 Å².